The lowest BCUT2D eigenvalue weighted by atomic mass is 10.0. The van der Waals surface area contributed by atoms with Gasteiger partial charge in [0.15, 0.2) is 16.6 Å². The van der Waals surface area contributed by atoms with E-state index < -0.39 is 11.8 Å². The van der Waals surface area contributed by atoms with Gasteiger partial charge in [-0.25, -0.2) is 0 Å². The van der Waals surface area contributed by atoms with E-state index >= 15 is 0 Å². The molecule has 0 aliphatic carbocycles. The van der Waals surface area contributed by atoms with Gasteiger partial charge >= 0.3 is 0 Å². The molecule has 0 aromatic heterocycles. The number of nitrogens with one attached hydrogen (secondary N) is 1. The average Bonchev–Trinajstić information content (AvgIpc) is 2.71. The van der Waals surface area contributed by atoms with Crippen molar-refractivity contribution in [2.75, 3.05) is 18.1 Å². The second-order valence-corrected chi connectivity index (χ2v) is 8.11. The zero-order valence-electron chi connectivity index (χ0n) is 17.7. The van der Waals surface area contributed by atoms with Crippen molar-refractivity contribution in [3.8, 4) is 11.5 Å². The van der Waals surface area contributed by atoms with Crippen LogP contribution in [0.5, 0.6) is 11.5 Å². The molecule has 2 aromatic rings. The third kappa shape index (κ3) is 4.65. The number of anilines is 1. The van der Waals surface area contributed by atoms with E-state index in [1.807, 2.05) is 45.9 Å². The Morgan fingerprint density at radius 3 is 2.52 bits per heavy atom. The molecular formula is C23H23BrN2O4S. The van der Waals surface area contributed by atoms with Crippen LogP contribution in [0.1, 0.15) is 30.5 Å². The molecule has 6 nitrogen and oxygen atoms in total. The molecule has 3 rings (SSSR count). The molecule has 1 saturated heterocycles. The zero-order valence-corrected chi connectivity index (χ0v) is 20.1. The van der Waals surface area contributed by atoms with E-state index in [4.69, 9.17) is 21.7 Å². The monoisotopic (exact) mass is 502 g/mol. The van der Waals surface area contributed by atoms with Gasteiger partial charge in [0.1, 0.15) is 5.57 Å². The van der Waals surface area contributed by atoms with Gasteiger partial charge < -0.3 is 9.47 Å². The summed E-state index contributed by atoms with van der Waals surface area (Å²) in [6, 6.07) is 9.13. The van der Waals surface area contributed by atoms with Crippen molar-refractivity contribution < 1.29 is 19.1 Å². The molecule has 0 atom stereocenters. The summed E-state index contributed by atoms with van der Waals surface area (Å²) in [7, 11) is 0. The van der Waals surface area contributed by atoms with Crippen molar-refractivity contribution in [3.05, 3.63) is 57.1 Å². The van der Waals surface area contributed by atoms with Gasteiger partial charge in [-0.3, -0.25) is 19.8 Å². The number of thiocarbonyl (C=S) groups is 1. The number of halogens is 1. The fourth-order valence-electron chi connectivity index (χ4n) is 3.24. The highest BCUT2D eigenvalue weighted by molar-refractivity contribution is 9.10. The van der Waals surface area contributed by atoms with Crippen molar-refractivity contribution in [2.24, 2.45) is 0 Å². The van der Waals surface area contributed by atoms with Gasteiger partial charge in [0.25, 0.3) is 11.8 Å². The molecule has 162 valence electrons. The topological polar surface area (TPSA) is 67.9 Å². The molecular weight excluding hydrogens is 480 g/mol. The van der Waals surface area contributed by atoms with Gasteiger partial charge in [-0.15, -0.1) is 0 Å². The molecule has 1 N–H and O–H groups in total. The normalized spacial score (nSPS) is 15.3. The van der Waals surface area contributed by atoms with Gasteiger partial charge in [-0.2, -0.15) is 0 Å². The van der Waals surface area contributed by atoms with E-state index in [1.54, 1.807) is 12.1 Å². The Balaban J connectivity index is 2.07. The molecule has 1 aliphatic rings. The first-order valence-electron chi connectivity index (χ1n) is 9.85. The predicted molar refractivity (Wildman–Crippen MR) is 129 cm³/mol. The summed E-state index contributed by atoms with van der Waals surface area (Å²) in [5.41, 5.74) is 3.17. The first-order chi connectivity index (χ1) is 14.8. The van der Waals surface area contributed by atoms with E-state index in [0.29, 0.717) is 40.4 Å². The van der Waals surface area contributed by atoms with Crippen LogP contribution >= 0.6 is 28.1 Å². The standard InChI is InChI=1S/C23H23BrN2O4S/c1-5-29-19-12-15(11-17(24)20(19)30-6-2)10-16-21(27)25-23(31)26(22(16)28)18-9-7-8-13(3)14(18)4/h7-12H,5-6H2,1-4H3,(H,25,27,31)/b16-10+. The summed E-state index contributed by atoms with van der Waals surface area (Å²) in [5, 5.41) is 2.68. The average molecular weight is 503 g/mol. The first kappa shape index (κ1) is 23.0. The summed E-state index contributed by atoms with van der Waals surface area (Å²) in [6.45, 7) is 8.54. The Bertz CT molecular complexity index is 1100. The van der Waals surface area contributed by atoms with Crippen LogP contribution in [0, 0.1) is 13.8 Å². The van der Waals surface area contributed by atoms with E-state index in [2.05, 4.69) is 21.2 Å². The van der Waals surface area contributed by atoms with Crippen LogP contribution in [-0.4, -0.2) is 30.1 Å². The number of aryl methyl sites for hydroxylation is 1. The van der Waals surface area contributed by atoms with E-state index in [-0.39, 0.29) is 10.7 Å². The summed E-state index contributed by atoms with van der Waals surface area (Å²) < 4.78 is 12.0. The number of carbonyl (C=O) groups excluding carboxylic acids is 2. The van der Waals surface area contributed by atoms with Gasteiger partial charge in [0, 0.05) is 0 Å². The van der Waals surface area contributed by atoms with Crippen LogP contribution < -0.4 is 19.7 Å². The highest BCUT2D eigenvalue weighted by atomic mass is 79.9. The molecule has 2 amide bonds. The molecule has 1 heterocycles. The Morgan fingerprint density at radius 2 is 1.84 bits per heavy atom. The molecule has 2 aromatic carbocycles. The molecule has 0 bridgehead atoms. The molecule has 1 fully saturated rings. The van der Waals surface area contributed by atoms with Crippen molar-refractivity contribution in [3.63, 3.8) is 0 Å². The Hall–Kier alpha value is -2.71. The number of benzene rings is 2. The second kappa shape index (κ2) is 9.62. The Morgan fingerprint density at radius 1 is 1.13 bits per heavy atom. The fraction of sp³-hybridized carbons (Fsp3) is 0.261. The van der Waals surface area contributed by atoms with E-state index in [1.165, 1.54) is 11.0 Å². The number of carbonyl (C=O) groups is 2. The number of nitrogens with zero attached hydrogens (tertiary/aromatic N) is 1. The van der Waals surface area contributed by atoms with Crippen molar-refractivity contribution >= 4 is 56.8 Å². The van der Waals surface area contributed by atoms with E-state index in [0.717, 1.165) is 11.1 Å². The smallest absolute Gasteiger partial charge is 0.270 e. The molecule has 0 unspecified atom stereocenters. The lowest BCUT2D eigenvalue weighted by molar-refractivity contribution is -0.122. The van der Waals surface area contributed by atoms with Crippen molar-refractivity contribution in [2.45, 2.75) is 27.7 Å². The molecule has 31 heavy (non-hydrogen) atoms. The van der Waals surface area contributed by atoms with Gasteiger partial charge in [0.2, 0.25) is 0 Å². The third-order valence-electron chi connectivity index (χ3n) is 4.85. The molecule has 0 saturated carbocycles. The molecule has 0 spiro atoms. The van der Waals surface area contributed by atoms with Crippen LogP contribution in [0.15, 0.2) is 40.4 Å². The Labute approximate surface area is 195 Å². The fourth-order valence-corrected chi connectivity index (χ4v) is 4.09. The van der Waals surface area contributed by atoms with Crippen molar-refractivity contribution in [1.82, 2.24) is 5.32 Å². The number of hydrogen-bond acceptors (Lipinski definition) is 5. The van der Waals surface area contributed by atoms with Crippen molar-refractivity contribution in [1.29, 1.82) is 0 Å². The highest BCUT2D eigenvalue weighted by Gasteiger charge is 2.35. The summed E-state index contributed by atoms with van der Waals surface area (Å²) in [5.74, 6) is 0.0743. The number of hydrogen-bond donors (Lipinski definition) is 1. The minimum absolute atomic E-state index is 0.0204. The number of rotatable bonds is 6. The quantitative estimate of drug-likeness (QED) is 0.352. The maximum atomic E-state index is 13.3. The largest absolute Gasteiger partial charge is 0.490 e. The molecule has 1 aliphatic heterocycles. The minimum atomic E-state index is -0.542. The number of ether oxygens (including phenoxy) is 2. The Kier molecular flexibility index (Phi) is 7.12. The van der Waals surface area contributed by atoms with Gasteiger partial charge in [-0.05, 0) is 96.8 Å². The zero-order chi connectivity index (χ0) is 22.7. The van der Waals surface area contributed by atoms with Crippen LogP contribution in [-0.2, 0) is 9.59 Å². The second-order valence-electron chi connectivity index (χ2n) is 6.87. The van der Waals surface area contributed by atoms with Gasteiger partial charge in [0.05, 0.1) is 23.4 Å². The van der Waals surface area contributed by atoms with E-state index in [9.17, 15) is 9.59 Å². The summed E-state index contributed by atoms with van der Waals surface area (Å²) >= 11 is 8.80. The highest BCUT2D eigenvalue weighted by Crippen LogP contribution is 2.38. The van der Waals surface area contributed by atoms with Crippen LogP contribution in [0.3, 0.4) is 0 Å². The lowest BCUT2D eigenvalue weighted by Gasteiger charge is -2.30. The molecule has 8 heteroatoms. The lowest BCUT2D eigenvalue weighted by Crippen LogP contribution is -2.54. The first-order valence-corrected chi connectivity index (χ1v) is 11.0. The van der Waals surface area contributed by atoms with Crippen LogP contribution in [0.4, 0.5) is 5.69 Å². The predicted octanol–water partition coefficient (Wildman–Crippen LogP) is 4.69. The summed E-state index contributed by atoms with van der Waals surface area (Å²) in [4.78, 5) is 27.3. The SMILES string of the molecule is CCOc1cc(/C=C2\C(=O)NC(=S)N(c3cccc(C)c3C)C2=O)cc(Br)c1OCC. The maximum Gasteiger partial charge on any atom is 0.270 e. The molecule has 0 radical (unpaired) electrons. The van der Waals surface area contributed by atoms with Gasteiger partial charge in [-0.1, -0.05) is 12.1 Å². The van der Waals surface area contributed by atoms with Crippen LogP contribution in [0.25, 0.3) is 6.08 Å². The van der Waals surface area contributed by atoms with Crippen LogP contribution in [0.2, 0.25) is 0 Å². The maximum absolute atomic E-state index is 13.3. The number of amides is 2. The third-order valence-corrected chi connectivity index (χ3v) is 5.72. The summed E-state index contributed by atoms with van der Waals surface area (Å²) in [6.07, 6.45) is 1.53. The minimum Gasteiger partial charge on any atom is -0.490 e.